The van der Waals surface area contributed by atoms with Gasteiger partial charge in [-0.25, -0.2) is 9.97 Å². The first-order valence-corrected chi connectivity index (χ1v) is 5.21. The minimum absolute atomic E-state index is 0.840. The average Bonchev–Trinajstić information content (AvgIpc) is 2.86. The molecule has 14 heavy (non-hydrogen) atoms. The summed E-state index contributed by atoms with van der Waals surface area (Å²) in [5.74, 6) is 0.840. The summed E-state index contributed by atoms with van der Waals surface area (Å²) < 4.78 is 0. The van der Waals surface area contributed by atoms with Crippen LogP contribution in [0.2, 0.25) is 0 Å². The maximum absolute atomic E-state index is 4.44. The molecule has 0 bridgehead atoms. The third-order valence-electron chi connectivity index (χ3n) is 2.06. The Morgan fingerprint density at radius 2 is 2.14 bits per heavy atom. The minimum Gasteiger partial charge on any atom is -0.337 e. The Bertz CT molecular complexity index is 521. The van der Waals surface area contributed by atoms with E-state index in [2.05, 4.69) is 15.0 Å². The lowest BCUT2D eigenvalue weighted by Crippen LogP contribution is -1.77. The van der Waals surface area contributed by atoms with E-state index in [0.29, 0.717) is 0 Å². The first kappa shape index (κ1) is 7.70. The number of rotatable bonds is 1. The van der Waals surface area contributed by atoms with Crippen LogP contribution in [0.3, 0.4) is 0 Å². The number of imidazole rings is 1. The molecule has 0 aliphatic carbocycles. The van der Waals surface area contributed by atoms with Crippen LogP contribution in [-0.4, -0.2) is 15.0 Å². The molecule has 2 heterocycles. The van der Waals surface area contributed by atoms with Gasteiger partial charge in [0.25, 0.3) is 0 Å². The van der Waals surface area contributed by atoms with Crippen LogP contribution in [0.15, 0.2) is 35.2 Å². The zero-order chi connectivity index (χ0) is 9.38. The molecule has 0 saturated heterocycles. The Morgan fingerprint density at radius 1 is 1.21 bits per heavy atom. The summed E-state index contributed by atoms with van der Waals surface area (Å²) in [5, 5.41) is 1.98. The van der Waals surface area contributed by atoms with Gasteiger partial charge in [-0.05, 0) is 12.1 Å². The number of aromatic amines is 1. The molecule has 1 N–H and O–H groups in total. The van der Waals surface area contributed by atoms with E-state index < -0.39 is 0 Å². The third-order valence-corrected chi connectivity index (χ3v) is 2.65. The fourth-order valence-corrected chi connectivity index (χ4v) is 1.94. The minimum atomic E-state index is 0.840. The quantitative estimate of drug-likeness (QED) is 0.666. The highest BCUT2D eigenvalue weighted by atomic mass is 32.1. The molecule has 0 aliphatic rings. The molecule has 4 heteroatoms. The third kappa shape index (κ3) is 1.12. The van der Waals surface area contributed by atoms with Gasteiger partial charge in [0.2, 0.25) is 0 Å². The SMILES string of the molecule is c1nc(-c2n[13c]3[13cH][13cH][13cH][13cH][13c]3[nH]2)cs1. The molecule has 0 unspecified atom stereocenters. The topological polar surface area (TPSA) is 41.6 Å². The number of thiazole rings is 1. The number of hydrogen-bond donors (Lipinski definition) is 1. The molecule has 0 amide bonds. The van der Waals surface area contributed by atoms with E-state index >= 15 is 0 Å². The Labute approximate surface area is 84.5 Å². The number of hydrogen-bond acceptors (Lipinski definition) is 3. The van der Waals surface area contributed by atoms with Gasteiger partial charge in [0.05, 0.1) is 16.5 Å². The van der Waals surface area contributed by atoms with Gasteiger partial charge >= 0.3 is 0 Å². The number of nitrogens with one attached hydrogen (secondary N) is 1. The van der Waals surface area contributed by atoms with Crippen molar-refractivity contribution in [2.75, 3.05) is 0 Å². The van der Waals surface area contributed by atoms with Gasteiger partial charge in [-0.1, -0.05) is 12.1 Å². The van der Waals surface area contributed by atoms with Gasteiger partial charge in [-0.15, -0.1) is 11.3 Å². The van der Waals surface area contributed by atoms with Gasteiger partial charge in [0.15, 0.2) is 5.82 Å². The molecule has 3 rings (SSSR count). The highest BCUT2D eigenvalue weighted by Crippen LogP contribution is 2.19. The van der Waals surface area contributed by atoms with Gasteiger partial charge in [-0.2, -0.15) is 0 Å². The number of aromatic nitrogens is 3. The molecular weight excluding hydrogens is 200 g/mol. The molecule has 0 saturated carbocycles. The van der Waals surface area contributed by atoms with Crippen molar-refractivity contribution in [3.8, 4) is 11.5 Å². The van der Waals surface area contributed by atoms with Crippen molar-refractivity contribution >= 4 is 22.4 Å². The molecule has 0 radical (unpaired) electrons. The van der Waals surface area contributed by atoms with Crippen LogP contribution < -0.4 is 0 Å². The molecule has 1 aromatic carbocycles. The number of fused-ring (bicyclic) bond motifs is 1. The van der Waals surface area contributed by atoms with Crippen LogP contribution in [0.5, 0.6) is 0 Å². The molecule has 2 aromatic heterocycles. The molecule has 3 nitrogen and oxygen atoms in total. The fourth-order valence-electron chi connectivity index (χ4n) is 1.40. The summed E-state index contributed by atoms with van der Waals surface area (Å²) in [7, 11) is 0. The van der Waals surface area contributed by atoms with Crippen molar-refractivity contribution in [3.63, 3.8) is 0 Å². The Balaban J connectivity index is 2.24. The van der Waals surface area contributed by atoms with E-state index in [1.54, 1.807) is 11.3 Å². The normalized spacial score (nSPS) is 10.9. The maximum atomic E-state index is 4.44. The number of H-pyrrole nitrogens is 1. The molecule has 0 fully saturated rings. The van der Waals surface area contributed by atoms with Crippen molar-refractivity contribution in [3.05, 3.63) is 35.2 Å². The van der Waals surface area contributed by atoms with Crippen molar-refractivity contribution in [1.82, 2.24) is 15.0 Å². The molecular formula is C10H7N3S. The smallest absolute Gasteiger partial charge is 0.158 e. The maximum Gasteiger partial charge on any atom is 0.158 e. The van der Waals surface area contributed by atoms with Crippen LogP contribution >= 0.6 is 11.3 Å². The van der Waals surface area contributed by atoms with Crippen molar-refractivity contribution < 1.29 is 0 Å². The highest BCUT2D eigenvalue weighted by Gasteiger charge is 2.05. The van der Waals surface area contributed by atoms with Gasteiger partial charge in [0, 0.05) is 5.38 Å². The average molecular weight is 207 g/mol. The molecule has 3 aromatic rings. The number of para-hydroxylation sites is 2. The Kier molecular flexibility index (Phi) is 1.61. The zero-order valence-corrected chi connectivity index (χ0v) is 8.08. The molecule has 0 spiro atoms. The summed E-state index contributed by atoms with van der Waals surface area (Å²) in [6, 6.07) is 7.97. The van der Waals surface area contributed by atoms with Crippen LogP contribution in [0.25, 0.3) is 22.6 Å². The predicted octanol–water partition coefficient (Wildman–Crippen LogP) is 2.69. The summed E-state index contributed by atoms with van der Waals surface area (Å²) in [6.45, 7) is 0. The largest absolute Gasteiger partial charge is 0.337 e. The summed E-state index contributed by atoms with van der Waals surface area (Å²) in [6.07, 6.45) is 0. The zero-order valence-electron chi connectivity index (χ0n) is 7.27. The van der Waals surface area contributed by atoms with E-state index in [9.17, 15) is 0 Å². The van der Waals surface area contributed by atoms with Gasteiger partial charge in [0.1, 0.15) is 5.69 Å². The van der Waals surface area contributed by atoms with E-state index in [1.165, 1.54) is 0 Å². The number of benzene rings is 1. The van der Waals surface area contributed by atoms with Crippen molar-refractivity contribution in [1.29, 1.82) is 0 Å². The van der Waals surface area contributed by atoms with Crippen LogP contribution in [-0.2, 0) is 0 Å². The molecule has 0 atom stereocenters. The Morgan fingerprint density at radius 3 is 2.93 bits per heavy atom. The lowest BCUT2D eigenvalue weighted by Gasteiger charge is -1.84. The predicted molar refractivity (Wildman–Crippen MR) is 57.2 cm³/mol. The second-order valence-corrected chi connectivity index (χ2v) is 3.69. The first-order valence-electron chi connectivity index (χ1n) is 4.27. The van der Waals surface area contributed by atoms with Crippen LogP contribution in [0.1, 0.15) is 0 Å². The van der Waals surface area contributed by atoms with E-state index in [4.69, 9.17) is 0 Å². The fraction of sp³-hybridized carbons (Fsp3) is 0. The lowest BCUT2D eigenvalue weighted by atomic mass is 10.5. The first-order chi connectivity index (χ1) is 6.93. The van der Waals surface area contributed by atoms with Crippen molar-refractivity contribution in [2.45, 2.75) is 0 Å². The summed E-state index contributed by atoms with van der Waals surface area (Å²) >= 11 is 1.57. The van der Waals surface area contributed by atoms with E-state index in [-0.39, 0.29) is 0 Å². The van der Waals surface area contributed by atoms with E-state index in [1.807, 2.05) is 35.2 Å². The van der Waals surface area contributed by atoms with Gasteiger partial charge in [-0.3, -0.25) is 0 Å². The van der Waals surface area contributed by atoms with Crippen LogP contribution in [0.4, 0.5) is 0 Å². The standard InChI is InChI=1S/C10H7N3S/c1-2-4-8-7(3-1)12-10(13-8)9-5-14-6-11-9/h1-6H,(H,12,13)/i1+1,2+1,3+1,4+1,7+1,8+1. The second kappa shape index (κ2) is 2.92. The van der Waals surface area contributed by atoms with Crippen molar-refractivity contribution in [2.24, 2.45) is 0 Å². The lowest BCUT2D eigenvalue weighted by molar-refractivity contribution is 1.27. The molecule has 68 valence electrons. The summed E-state index contributed by atoms with van der Waals surface area (Å²) in [4.78, 5) is 11.9. The second-order valence-electron chi connectivity index (χ2n) is 2.98. The Hall–Kier alpha value is -1.68. The van der Waals surface area contributed by atoms with E-state index in [0.717, 1.165) is 22.6 Å². The number of nitrogens with zero attached hydrogens (tertiary/aromatic N) is 2. The monoisotopic (exact) mass is 207 g/mol. The molecule has 0 aliphatic heterocycles. The summed E-state index contributed by atoms with van der Waals surface area (Å²) in [5.41, 5.74) is 4.75. The highest BCUT2D eigenvalue weighted by molar-refractivity contribution is 7.07. The van der Waals surface area contributed by atoms with Crippen LogP contribution in [0, 0.1) is 0 Å². The van der Waals surface area contributed by atoms with Gasteiger partial charge < -0.3 is 4.98 Å².